The van der Waals surface area contributed by atoms with Crippen LogP contribution in [0.25, 0.3) is 10.8 Å². The summed E-state index contributed by atoms with van der Waals surface area (Å²) in [6.45, 7) is 1.28. The molecule has 3 nitrogen and oxygen atoms in total. The van der Waals surface area contributed by atoms with Gasteiger partial charge in [-0.25, -0.2) is 0 Å². The molecule has 0 fully saturated rings. The molecule has 0 aromatic heterocycles. The maximum atomic E-state index is 11.2. The van der Waals surface area contributed by atoms with Crippen molar-refractivity contribution in [2.45, 2.75) is 13.3 Å². The van der Waals surface area contributed by atoms with Crippen molar-refractivity contribution < 1.29 is 9.53 Å². The van der Waals surface area contributed by atoms with E-state index in [1.54, 1.807) is 12.1 Å². The molecule has 118 valence electrons. The Morgan fingerprint density at radius 1 is 1.17 bits per heavy atom. The van der Waals surface area contributed by atoms with E-state index in [4.69, 9.17) is 16.3 Å². The van der Waals surface area contributed by atoms with Crippen LogP contribution in [-0.2, 0) is 11.2 Å². The number of rotatable bonds is 3. The van der Waals surface area contributed by atoms with Crippen LogP contribution in [-0.4, -0.2) is 5.97 Å². The van der Waals surface area contributed by atoms with Crippen LogP contribution in [0, 0.1) is 11.3 Å². The first-order chi connectivity index (χ1) is 11.6. The Labute approximate surface area is 145 Å². The second-order valence-corrected chi connectivity index (χ2v) is 5.88. The van der Waals surface area contributed by atoms with Gasteiger partial charge in [-0.05, 0) is 40.5 Å². The molecule has 3 aromatic carbocycles. The van der Waals surface area contributed by atoms with Gasteiger partial charge in [-0.2, -0.15) is 5.26 Å². The fraction of sp³-hybridized carbons (Fsp3) is 0.100. The van der Waals surface area contributed by atoms with E-state index in [1.807, 2.05) is 24.3 Å². The van der Waals surface area contributed by atoms with Crippen molar-refractivity contribution in [3.63, 3.8) is 0 Å². The summed E-state index contributed by atoms with van der Waals surface area (Å²) >= 11 is 6.21. The number of carbonyl (C=O) groups excluding carboxylic acids is 1. The zero-order chi connectivity index (χ0) is 17.1. The number of ether oxygens (including phenoxy) is 1. The summed E-state index contributed by atoms with van der Waals surface area (Å²) in [4.78, 5) is 11.2. The largest absolute Gasteiger partial charge is 0.424 e. The van der Waals surface area contributed by atoms with Gasteiger partial charge in [-0.15, -0.1) is 0 Å². The number of halogens is 1. The van der Waals surface area contributed by atoms with Crippen LogP contribution < -0.4 is 4.74 Å². The highest BCUT2D eigenvalue weighted by Gasteiger charge is 2.14. The first-order valence-corrected chi connectivity index (χ1v) is 7.84. The van der Waals surface area contributed by atoms with Crippen LogP contribution >= 0.6 is 11.6 Å². The van der Waals surface area contributed by atoms with Gasteiger partial charge in [0.2, 0.25) is 0 Å². The van der Waals surface area contributed by atoms with Crippen LogP contribution in [0.15, 0.2) is 54.6 Å². The summed E-state index contributed by atoms with van der Waals surface area (Å²) in [6, 6.07) is 19.8. The van der Waals surface area contributed by atoms with Crippen molar-refractivity contribution in [2.24, 2.45) is 0 Å². The normalized spacial score (nSPS) is 10.4. The Bertz CT molecular complexity index is 968. The third kappa shape index (κ3) is 3.24. The molecule has 0 saturated heterocycles. The van der Waals surface area contributed by atoms with E-state index in [2.05, 4.69) is 24.3 Å². The molecule has 0 radical (unpaired) electrons. The average Bonchev–Trinajstić information content (AvgIpc) is 2.57. The molecule has 0 N–H and O–H groups in total. The van der Waals surface area contributed by atoms with Crippen molar-refractivity contribution in [1.29, 1.82) is 5.26 Å². The van der Waals surface area contributed by atoms with E-state index in [1.165, 1.54) is 12.3 Å². The number of fused-ring (bicyclic) bond motifs is 1. The molecule has 0 saturated carbocycles. The molecular formula is C20H14ClNO2. The van der Waals surface area contributed by atoms with Crippen molar-refractivity contribution in [3.8, 4) is 11.8 Å². The molecule has 0 spiro atoms. The number of carbonyl (C=O) groups is 1. The van der Waals surface area contributed by atoms with Crippen molar-refractivity contribution >= 4 is 28.3 Å². The minimum atomic E-state index is -0.504. The Kier molecular flexibility index (Phi) is 4.50. The van der Waals surface area contributed by atoms with Gasteiger partial charge in [0.05, 0.1) is 10.6 Å². The molecule has 0 aliphatic carbocycles. The van der Waals surface area contributed by atoms with Gasteiger partial charge in [0.25, 0.3) is 0 Å². The molecule has 24 heavy (non-hydrogen) atoms. The lowest BCUT2D eigenvalue weighted by Gasteiger charge is -2.11. The summed E-state index contributed by atoms with van der Waals surface area (Å²) in [5.41, 5.74) is 2.30. The van der Waals surface area contributed by atoms with E-state index in [0.717, 1.165) is 16.5 Å². The third-order valence-electron chi connectivity index (χ3n) is 3.74. The Balaban J connectivity index is 2.03. The van der Waals surface area contributed by atoms with Crippen LogP contribution in [0.4, 0.5) is 0 Å². The van der Waals surface area contributed by atoms with E-state index < -0.39 is 5.97 Å². The second-order valence-electron chi connectivity index (χ2n) is 5.47. The lowest BCUT2D eigenvalue weighted by atomic mass is 9.97. The highest BCUT2D eigenvalue weighted by atomic mass is 35.5. The fourth-order valence-corrected chi connectivity index (χ4v) is 3.03. The van der Waals surface area contributed by atoms with Crippen LogP contribution in [0.2, 0.25) is 5.02 Å². The van der Waals surface area contributed by atoms with Crippen molar-refractivity contribution in [3.05, 3.63) is 76.3 Å². The highest BCUT2D eigenvalue weighted by molar-refractivity contribution is 6.32. The van der Waals surface area contributed by atoms with Gasteiger partial charge in [0.1, 0.15) is 6.07 Å². The predicted octanol–water partition coefficient (Wildman–Crippen LogP) is 4.88. The summed E-state index contributed by atoms with van der Waals surface area (Å²) in [7, 11) is 0. The maximum absolute atomic E-state index is 11.2. The summed E-state index contributed by atoms with van der Waals surface area (Å²) in [5, 5.41) is 11.9. The molecule has 0 heterocycles. The lowest BCUT2D eigenvalue weighted by Crippen LogP contribution is -2.04. The number of nitriles is 1. The summed E-state index contributed by atoms with van der Waals surface area (Å²) < 4.78 is 5.05. The molecule has 4 heteroatoms. The third-order valence-corrected chi connectivity index (χ3v) is 4.02. The van der Waals surface area contributed by atoms with Gasteiger partial charge < -0.3 is 4.74 Å². The number of nitrogens with zero attached hydrogens (tertiary/aromatic N) is 1. The molecule has 0 bridgehead atoms. The van der Waals surface area contributed by atoms with E-state index >= 15 is 0 Å². The number of benzene rings is 3. The van der Waals surface area contributed by atoms with Gasteiger partial charge in [0, 0.05) is 6.92 Å². The predicted molar refractivity (Wildman–Crippen MR) is 94.2 cm³/mol. The smallest absolute Gasteiger partial charge is 0.308 e. The summed E-state index contributed by atoms with van der Waals surface area (Å²) in [5.74, 6) is -0.386. The van der Waals surface area contributed by atoms with E-state index in [0.29, 0.717) is 6.42 Å². The van der Waals surface area contributed by atoms with Gasteiger partial charge in [-0.1, -0.05) is 54.1 Å². The fourth-order valence-electron chi connectivity index (χ4n) is 2.75. The molecule has 3 aromatic rings. The molecular weight excluding hydrogens is 322 g/mol. The monoisotopic (exact) mass is 335 g/mol. The average molecular weight is 336 g/mol. The highest BCUT2D eigenvalue weighted by Crippen LogP contribution is 2.32. The topological polar surface area (TPSA) is 50.1 Å². The number of esters is 1. The zero-order valence-corrected chi connectivity index (χ0v) is 13.8. The molecule has 0 aliphatic heterocycles. The first kappa shape index (κ1) is 16.0. The molecule has 0 unspecified atom stereocenters. The lowest BCUT2D eigenvalue weighted by molar-refractivity contribution is -0.131. The Hall–Kier alpha value is -2.83. The Morgan fingerprint density at radius 3 is 2.67 bits per heavy atom. The van der Waals surface area contributed by atoms with Crippen molar-refractivity contribution in [2.75, 3.05) is 0 Å². The van der Waals surface area contributed by atoms with Crippen LogP contribution in [0.5, 0.6) is 5.75 Å². The van der Waals surface area contributed by atoms with Gasteiger partial charge in [0.15, 0.2) is 5.75 Å². The minimum Gasteiger partial charge on any atom is -0.424 e. The quantitative estimate of drug-likeness (QED) is 0.506. The van der Waals surface area contributed by atoms with Crippen molar-refractivity contribution in [1.82, 2.24) is 0 Å². The van der Waals surface area contributed by atoms with E-state index in [9.17, 15) is 10.1 Å². The standard InChI is InChI=1S/C20H14ClNO2/c1-13(23)24-20-17(12-22)10-14(11-19(20)21)9-16-7-4-6-15-5-2-3-8-18(15)16/h2-8,10-11H,9H2,1H3. The first-order valence-electron chi connectivity index (χ1n) is 7.46. The SMILES string of the molecule is CC(=O)Oc1c(Cl)cc(Cc2cccc3ccccc23)cc1C#N. The van der Waals surface area contributed by atoms with Gasteiger partial charge >= 0.3 is 5.97 Å². The second kappa shape index (κ2) is 6.74. The zero-order valence-electron chi connectivity index (χ0n) is 13.0. The molecule has 0 aliphatic rings. The minimum absolute atomic E-state index is 0.119. The van der Waals surface area contributed by atoms with Gasteiger partial charge in [-0.3, -0.25) is 4.79 Å². The van der Waals surface area contributed by atoms with E-state index in [-0.39, 0.29) is 16.3 Å². The number of hydrogen-bond acceptors (Lipinski definition) is 3. The maximum Gasteiger partial charge on any atom is 0.308 e. The number of hydrogen-bond donors (Lipinski definition) is 0. The Morgan fingerprint density at radius 2 is 1.92 bits per heavy atom. The molecule has 0 atom stereocenters. The van der Waals surface area contributed by atoms with Crippen LogP contribution in [0.1, 0.15) is 23.6 Å². The molecule has 3 rings (SSSR count). The summed E-state index contributed by atoms with van der Waals surface area (Å²) in [6.07, 6.45) is 0.635. The van der Waals surface area contributed by atoms with Crippen LogP contribution in [0.3, 0.4) is 0 Å². The molecule has 0 amide bonds.